The molecule has 0 radical (unpaired) electrons. The summed E-state index contributed by atoms with van der Waals surface area (Å²) in [7, 11) is 0. The summed E-state index contributed by atoms with van der Waals surface area (Å²) in [5.74, 6) is -0.0733. The molecule has 0 aliphatic carbocycles. The number of β-amino-alcohol motifs (C(OH)–C–C–N with tert-alkyl or cyclic N) is 1. The second-order valence-electron chi connectivity index (χ2n) is 4.64. The lowest BCUT2D eigenvalue weighted by Gasteiger charge is -2.09. The highest BCUT2D eigenvalue weighted by molar-refractivity contribution is 7.18. The second kappa shape index (κ2) is 5.24. The molecule has 1 amide bonds. The van der Waals surface area contributed by atoms with Crippen LogP contribution in [-0.2, 0) is 11.3 Å². The number of hydrogen-bond donors (Lipinski definition) is 3. The number of carbonyl (C=O) groups is 1. The fourth-order valence-corrected chi connectivity index (χ4v) is 3.11. The van der Waals surface area contributed by atoms with Crippen molar-refractivity contribution in [1.82, 2.24) is 15.6 Å². The molecule has 1 aromatic carbocycles. The smallest absolute Gasteiger partial charge is 0.237 e. The van der Waals surface area contributed by atoms with Crippen LogP contribution in [0.3, 0.4) is 0 Å². The van der Waals surface area contributed by atoms with Gasteiger partial charge in [-0.15, -0.1) is 11.3 Å². The van der Waals surface area contributed by atoms with Gasteiger partial charge in [0.2, 0.25) is 5.91 Å². The van der Waals surface area contributed by atoms with Gasteiger partial charge in [0.15, 0.2) is 0 Å². The maximum Gasteiger partial charge on any atom is 0.237 e. The first-order valence-corrected chi connectivity index (χ1v) is 7.07. The van der Waals surface area contributed by atoms with Crippen LogP contribution in [0.15, 0.2) is 24.3 Å². The molecular formula is C13H15N3O2S. The zero-order valence-electron chi connectivity index (χ0n) is 10.3. The van der Waals surface area contributed by atoms with Crippen molar-refractivity contribution in [3.8, 4) is 0 Å². The van der Waals surface area contributed by atoms with Gasteiger partial charge in [0.25, 0.3) is 0 Å². The van der Waals surface area contributed by atoms with E-state index in [1.54, 1.807) is 11.3 Å². The highest BCUT2D eigenvalue weighted by Gasteiger charge is 2.27. The van der Waals surface area contributed by atoms with Gasteiger partial charge in [-0.05, 0) is 18.6 Å². The molecule has 1 aliphatic rings. The molecule has 1 saturated heterocycles. The van der Waals surface area contributed by atoms with Crippen LogP contribution >= 0.6 is 11.3 Å². The number of aliphatic hydroxyl groups is 1. The Bertz CT molecular complexity index is 565. The maximum absolute atomic E-state index is 11.9. The molecule has 3 N–H and O–H groups in total. The van der Waals surface area contributed by atoms with Crippen molar-refractivity contribution < 1.29 is 9.90 Å². The lowest BCUT2D eigenvalue weighted by atomic mass is 10.2. The number of hydrogen-bond acceptors (Lipinski definition) is 5. The quantitative estimate of drug-likeness (QED) is 0.769. The van der Waals surface area contributed by atoms with Crippen molar-refractivity contribution in [2.24, 2.45) is 0 Å². The van der Waals surface area contributed by atoms with Crippen molar-refractivity contribution in [3.05, 3.63) is 29.3 Å². The third kappa shape index (κ3) is 2.75. The summed E-state index contributed by atoms with van der Waals surface area (Å²) in [6.07, 6.45) is 0.0595. The Labute approximate surface area is 114 Å². The van der Waals surface area contributed by atoms with Gasteiger partial charge in [-0.1, -0.05) is 12.1 Å². The minimum atomic E-state index is -0.418. The van der Waals surface area contributed by atoms with Gasteiger partial charge in [-0.2, -0.15) is 0 Å². The number of aromatic nitrogens is 1. The van der Waals surface area contributed by atoms with E-state index in [2.05, 4.69) is 15.6 Å². The van der Waals surface area contributed by atoms with Gasteiger partial charge in [-0.25, -0.2) is 4.98 Å². The third-order valence-corrected chi connectivity index (χ3v) is 4.21. The molecule has 0 bridgehead atoms. The Morgan fingerprint density at radius 1 is 1.53 bits per heavy atom. The SMILES string of the molecule is O=C(NCc1nc2ccccc2s1)[C@H]1C[C@@H](O)CN1. The molecule has 0 saturated carbocycles. The number of aliphatic hydroxyl groups excluding tert-OH is 1. The Balaban J connectivity index is 1.61. The maximum atomic E-state index is 11.9. The van der Waals surface area contributed by atoms with E-state index < -0.39 is 6.10 Å². The van der Waals surface area contributed by atoms with Crippen LogP contribution in [0.5, 0.6) is 0 Å². The second-order valence-corrected chi connectivity index (χ2v) is 5.76. The number of rotatable bonds is 3. The average Bonchev–Trinajstić information content (AvgIpc) is 3.01. The molecule has 100 valence electrons. The zero-order valence-corrected chi connectivity index (χ0v) is 11.1. The highest BCUT2D eigenvalue weighted by atomic mass is 32.1. The molecule has 0 spiro atoms. The van der Waals surface area contributed by atoms with E-state index in [1.807, 2.05) is 24.3 Å². The van der Waals surface area contributed by atoms with Gasteiger partial charge < -0.3 is 15.7 Å². The predicted molar refractivity (Wildman–Crippen MR) is 73.9 cm³/mol. The van der Waals surface area contributed by atoms with Crippen LogP contribution in [0.1, 0.15) is 11.4 Å². The van der Waals surface area contributed by atoms with E-state index in [-0.39, 0.29) is 11.9 Å². The van der Waals surface area contributed by atoms with Gasteiger partial charge in [0.1, 0.15) is 5.01 Å². The summed E-state index contributed by atoms with van der Waals surface area (Å²) in [5.41, 5.74) is 0.964. The van der Waals surface area contributed by atoms with Crippen molar-refractivity contribution in [1.29, 1.82) is 0 Å². The number of amides is 1. The van der Waals surface area contributed by atoms with E-state index in [9.17, 15) is 9.90 Å². The predicted octanol–water partition coefficient (Wildman–Crippen LogP) is 0.635. The summed E-state index contributed by atoms with van der Waals surface area (Å²) < 4.78 is 1.13. The fraction of sp³-hybridized carbons (Fsp3) is 0.385. The van der Waals surface area contributed by atoms with Crippen LogP contribution < -0.4 is 10.6 Å². The molecule has 0 unspecified atom stereocenters. The van der Waals surface area contributed by atoms with Crippen LogP contribution in [0.25, 0.3) is 10.2 Å². The molecule has 5 nitrogen and oxygen atoms in total. The number of nitrogens with one attached hydrogen (secondary N) is 2. The normalized spacial score (nSPS) is 22.8. The lowest BCUT2D eigenvalue weighted by Crippen LogP contribution is -2.39. The Morgan fingerprint density at radius 3 is 3.11 bits per heavy atom. The molecule has 2 atom stereocenters. The molecule has 2 heterocycles. The summed E-state index contributed by atoms with van der Waals surface area (Å²) >= 11 is 1.59. The summed E-state index contributed by atoms with van der Waals surface area (Å²) in [4.78, 5) is 16.3. The first-order valence-electron chi connectivity index (χ1n) is 6.26. The number of benzene rings is 1. The molecule has 1 aromatic heterocycles. The van der Waals surface area contributed by atoms with Gasteiger partial charge >= 0.3 is 0 Å². The van der Waals surface area contributed by atoms with Crippen LogP contribution in [0, 0.1) is 0 Å². The van der Waals surface area contributed by atoms with Gasteiger partial charge in [0, 0.05) is 6.54 Å². The number of nitrogens with zero attached hydrogens (tertiary/aromatic N) is 1. The fourth-order valence-electron chi connectivity index (χ4n) is 2.20. The molecule has 6 heteroatoms. The van der Waals surface area contributed by atoms with Crippen LogP contribution in [0.2, 0.25) is 0 Å². The molecule has 1 fully saturated rings. The molecule has 19 heavy (non-hydrogen) atoms. The Hall–Kier alpha value is -1.50. The highest BCUT2D eigenvalue weighted by Crippen LogP contribution is 2.21. The third-order valence-electron chi connectivity index (χ3n) is 3.18. The first kappa shape index (κ1) is 12.5. The largest absolute Gasteiger partial charge is 0.392 e. The van der Waals surface area contributed by atoms with E-state index >= 15 is 0 Å². The van der Waals surface area contributed by atoms with Gasteiger partial charge in [0.05, 0.1) is 28.9 Å². The minimum absolute atomic E-state index is 0.0733. The summed E-state index contributed by atoms with van der Waals surface area (Å²) in [6, 6.07) is 7.63. The van der Waals surface area contributed by atoms with E-state index in [4.69, 9.17) is 0 Å². The Kier molecular flexibility index (Phi) is 3.46. The van der Waals surface area contributed by atoms with Crippen molar-refractivity contribution in [3.63, 3.8) is 0 Å². The van der Waals surface area contributed by atoms with Crippen LogP contribution in [0.4, 0.5) is 0 Å². The Morgan fingerprint density at radius 2 is 2.37 bits per heavy atom. The van der Waals surface area contributed by atoms with E-state index in [0.717, 1.165) is 15.2 Å². The number of carbonyl (C=O) groups excluding carboxylic acids is 1. The van der Waals surface area contributed by atoms with Crippen molar-refractivity contribution >= 4 is 27.5 Å². The number of thiazole rings is 1. The van der Waals surface area contributed by atoms with E-state index in [1.165, 1.54) is 0 Å². The topological polar surface area (TPSA) is 74.2 Å². The summed E-state index contributed by atoms with van der Waals surface area (Å²) in [5, 5.41) is 16.1. The first-order chi connectivity index (χ1) is 9.22. The van der Waals surface area contributed by atoms with Gasteiger partial charge in [-0.3, -0.25) is 4.79 Å². The molecule has 2 aromatic rings. The average molecular weight is 277 g/mol. The molecule has 1 aliphatic heterocycles. The van der Waals surface area contributed by atoms with E-state index in [0.29, 0.717) is 19.5 Å². The molecular weight excluding hydrogens is 262 g/mol. The number of fused-ring (bicyclic) bond motifs is 1. The number of para-hydroxylation sites is 1. The zero-order chi connectivity index (χ0) is 13.2. The van der Waals surface area contributed by atoms with Crippen molar-refractivity contribution in [2.75, 3.05) is 6.54 Å². The molecule has 3 rings (SSSR count). The minimum Gasteiger partial charge on any atom is -0.392 e. The monoisotopic (exact) mass is 277 g/mol. The lowest BCUT2D eigenvalue weighted by molar-refractivity contribution is -0.123. The summed E-state index contributed by atoms with van der Waals surface area (Å²) in [6.45, 7) is 0.922. The van der Waals surface area contributed by atoms with Crippen LogP contribution in [-0.4, -0.2) is 34.7 Å². The standard InChI is InChI=1S/C13H15N3O2S/c17-8-5-10(14-6-8)13(18)15-7-12-16-9-3-1-2-4-11(9)19-12/h1-4,8,10,14,17H,5-7H2,(H,15,18)/t8-,10-/m1/s1. The van der Waals surface area contributed by atoms with Crippen molar-refractivity contribution in [2.45, 2.75) is 25.1 Å².